The zero-order valence-electron chi connectivity index (χ0n) is 22.8. The molecule has 2 heterocycles. The Balaban J connectivity index is 1.55. The number of imidazole rings is 1. The average Bonchev–Trinajstić information content (AvgIpc) is 3.11. The molecule has 10 nitrogen and oxygen atoms in total. The standard InChI is InChI=1S/C28H35N5O5/c1-28(2,3)38-27(37)31(5)17-16-30(4)19-12-10-18(11-13-19)20-8-7-9-21-24(20)32(6)26(36)33(21)22-14-15-23(34)29-25(22)35/h7-13,22H,14-17H2,1-6H3,(H,29,34,35). The van der Waals surface area contributed by atoms with E-state index in [1.165, 1.54) is 4.57 Å². The third-order valence-electron chi connectivity index (χ3n) is 6.72. The number of fused-ring (bicyclic) bond motifs is 1. The third-order valence-corrected chi connectivity index (χ3v) is 6.72. The summed E-state index contributed by atoms with van der Waals surface area (Å²) in [4.78, 5) is 53.2. The van der Waals surface area contributed by atoms with E-state index in [0.29, 0.717) is 18.6 Å². The summed E-state index contributed by atoms with van der Waals surface area (Å²) in [7, 11) is 5.37. The number of aryl methyl sites for hydroxylation is 1. The van der Waals surface area contributed by atoms with Gasteiger partial charge in [-0.2, -0.15) is 0 Å². The summed E-state index contributed by atoms with van der Waals surface area (Å²) in [5.41, 5.74) is 3.31. The number of nitrogens with one attached hydrogen (secondary N) is 1. The molecule has 1 aromatic heterocycles. The highest BCUT2D eigenvalue weighted by molar-refractivity contribution is 6.01. The minimum Gasteiger partial charge on any atom is -0.444 e. The maximum Gasteiger partial charge on any atom is 0.410 e. The van der Waals surface area contributed by atoms with Crippen LogP contribution in [0.4, 0.5) is 10.5 Å². The maximum atomic E-state index is 13.2. The molecule has 0 radical (unpaired) electrons. The van der Waals surface area contributed by atoms with Gasteiger partial charge in [0.15, 0.2) is 0 Å². The highest BCUT2D eigenvalue weighted by Crippen LogP contribution is 2.31. The molecule has 1 fully saturated rings. The molecule has 0 spiro atoms. The molecule has 1 saturated heterocycles. The van der Waals surface area contributed by atoms with Crippen molar-refractivity contribution >= 4 is 34.6 Å². The number of aromatic nitrogens is 2. The molecule has 3 aromatic rings. The molecule has 2 aromatic carbocycles. The average molecular weight is 522 g/mol. The Morgan fingerprint density at radius 1 is 1.05 bits per heavy atom. The smallest absolute Gasteiger partial charge is 0.410 e. The molecule has 0 bridgehead atoms. The Kier molecular flexibility index (Phi) is 7.35. The fourth-order valence-corrected chi connectivity index (χ4v) is 4.66. The summed E-state index contributed by atoms with van der Waals surface area (Å²) in [6.07, 6.45) is 0.128. The lowest BCUT2D eigenvalue weighted by Crippen LogP contribution is -2.44. The molecule has 1 aliphatic heterocycles. The van der Waals surface area contributed by atoms with Gasteiger partial charge in [-0.3, -0.25) is 24.0 Å². The summed E-state index contributed by atoms with van der Waals surface area (Å²) >= 11 is 0. The van der Waals surface area contributed by atoms with Gasteiger partial charge < -0.3 is 14.5 Å². The molecular formula is C28H35N5O5. The van der Waals surface area contributed by atoms with Crippen molar-refractivity contribution in [2.24, 2.45) is 7.05 Å². The van der Waals surface area contributed by atoms with Crippen molar-refractivity contribution in [2.45, 2.75) is 45.3 Å². The summed E-state index contributed by atoms with van der Waals surface area (Å²) < 4.78 is 8.46. The fraction of sp³-hybridized carbons (Fsp3) is 0.429. The molecule has 4 rings (SSSR count). The maximum absolute atomic E-state index is 13.2. The lowest BCUT2D eigenvalue weighted by molar-refractivity contribution is -0.135. The second-order valence-corrected chi connectivity index (χ2v) is 10.7. The van der Waals surface area contributed by atoms with Crippen LogP contribution in [0, 0.1) is 0 Å². The lowest BCUT2D eigenvalue weighted by Gasteiger charge is -2.27. The van der Waals surface area contributed by atoms with Gasteiger partial charge in [-0.25, -0.2) is 9.59 Å². The SMILES string of the molecule is CN(CCN(C)c1ccc(-c2cccc3c2n(C)c(=O)n3C2CCC(=O)NC2=O)cc1)C(=O)OC(C)(C)C. The molecule has 10 heteroatoms. The van der Waals surface area contributed by atoms with Crippen LogP contribution in [0.1, 0.15) is 39.7 Å². The topological polar surface area (TPSA) is 106 Å². The number of rotatable bonds is 6. The third kappa shape index (κ3) is 5.44. The fourth-order valence-electron chi connectivity index (χ4n) is 4.66. The Morgan fingerprint density at radius 3 is 2.37 bits per heavy atom. The van der Waals surface area contributed by atoms with Crippen LogP contribution in [-0.2, 0) is 21.4 Å². The van der Waals surface area contributed by atoms with Crippen molar-refractivity contribution in [1.29, 1.82) is 0 Å². The van der Waals surface area contributed by atoms with Gasteiger partial charge in [-0.15, -0.1) is 0 Å². The van der Waals surface area contributed by atoms with Gasteiger partial charge in [-0.05, 0) is 51.0 Å². The number of piperidine rings is 1. The predicted octanol–water partition coefficient (Wildman–Crippen LogP) is 3.29. The van der Waals surface area contributed by atoms with Crippen LogP contribution in [0.2, 0.25) is 0 Å². The summed E-state index contributed by atoms with van der Waals surface area (Å²) in [6.45, 7) is 6.65. The number of hydrogen-bond acceptors (Lipinski definition) is 6. The highest BCUT2D eigenvalue weighted by Gasteiger charge is 2.31. The van der Waals surface area contributed by atoms with E-state index >= 15 is 0 Å². The molecule has 38 heavy (non-hydrogen) atoms. The molecule has 0 saturated carbocycles. The van der Waals surface area contributed by atoms with Gasteiger partial charge >= 0.3 is 11.8 Å². The highest BCUT2D eigenvalue weighted by atomic mass is 16.6. The number of nitrogens with zero attached hydrogens (tertiary/aromatic N) is 4. The number of para-hydroxylation sites is 1. The van der Waals surface area contributed by atoms with Crippen molar-refractivity contribution in [1.82, 2.24) is 19.4 Å². The number of amides is 3. The quantitative estimate of drug-likeness (QED) is 0.499. The van der Waals surface area contributed by atoms with E-state index in [-0.39, 0.29) is 30.5 Å². The number of anilines is 1. The van der Waals surface area contributed by atoms with Gasteiger partial charge in [0.2, 0.25) is 11.8 Å². The Labute approximate surface area is 221 Å². The van der Waals surface area contributed by atoms with Gasteiger partial charge in [0.1, 0.15) is 11.6 Å². The van der Waals surface area contributed by atoms with Crippen LogP contribution >= 0.6 is 0 Å². The first-order chi connectivity index (χ1) is 17.9. The van der Waals surface area contributed by atoms with E-state index in [1.807, 2.05) is 70.3 Å². The molecular weight excluding hydrogens is 486 g/mol. The van der Waals surface area contributed by atoms with E-state index in [1.54, 1.807) is 23.6 Å². The predicted molar refractivity (Wildman–Crippen MR) is 146 cm³/mol. The van der Waals surface area contributed by atoms with E-state index in [9.17, 15) is 19.2 Å². The number of carbonyl (C=O) groups is 3. The number of hydrogen-bond donors (Lipinski definition) is 1. The summed E-state index contributed by atoms with van der Waals surface area (Å²) in [5.74, 6) is -0.771. The molecule has 1 atom stereocenters. The van der Waals surface area contributed by atoms with Crippen molar-refractivity contribution in [2.75, 3.05) is 32.1 Å². The van der Waals surface area contributed by atoms with Crippen LogP contribution in [0.3, 0.4) is 0 Å². The van der Waals surface area contributed by atoms with Gasteiger partial charge in [0, 0.05) is 51.9 Å². The number of imide groups is 1. The van der Waals surface area contributed by atoms with Crippen LogP contribution in [0.15, 0.2) is 47.3 Å². The molecule has 1 N–H and O–H groups in total. The van der Waals surface area contributed by atoms with Crippen molar-refractivity contribution in [3.05, 3.63) is 52.9 Å². The number of likely N-dealkylation sites (N-methyl/N-ethyl adjacent to an activating group) is 2. The molecule has 202 valence electrons. The first kappa shape index (κ1) is 27.0. The van der Waals surface area contributed by atoms with E-state index in [0.717, 1.165) is 22.3 Å². The van der Waals surface area contributed by atoms with E-state index < -0.39 is 17.6 Å². The van der Waals surface area contributed by atoms with Gasteiger partial charge in [0.25, 0.3) is 0 Å². The zero-order chi connectivity index (χ0) is 27.8. The van der Waals surface area contributed by atoms with Gasteiger partial charge in [0.05, 0.1) is 11.0 Å². The minimum atomic E-state index is -0.728. The van der Waals surface area contributed by atoms with Gasteiger partial charge in [-0.1, -0.05) is 24.3 Å². The molecule has 0 aliphatic carbocycles. The van der Waals surface area contributed by atoms with Crippen LogP contribution < -0.4 is 15.9 Å². The number of ether oxygens (including phenoxy) is 1. The first-order valence-corrected chi connectivity index (χ1v) is 12.7. The van der Waals surface area contributed by atoms with E-state index in [4.69, 9.17) is 4.74 Å². The Bertz CT molecular complexity index is 1430. The normalized spacial score (nSPS) is 15.9. The second kappa shape index (κ2) is 10.4. The Hall–Kier alpha value is -4.08. The zero-order valence-corrected chi connectivity index (χ0v) is 22.8. The molecule has 3 amide bonds. The molecule has 1 unspecified atom stereocenters. The largest absolute Gasteiger partial charge is 0.444 e. The lowest BCUT2D eigenvalue weighted by atomic mass is 10.0. The van der Waals surface area contributed by atoms with E-state index in [2.05, 4.69) is 10.2 Å². The van der Waals surface area contributed by atoms with Crippen LogP contribution in [-0.4, -0.2) is 64.7 Å². The summed E-state index contributed by atoms with van der Waals surface area (Å²) in [6, 6.07) is 12.9. The van der Waals surface area contributed by atoms with Crippen molar-refractivity contribution in [3.8, 4) is 11.1 Å². The second-order valence-electron chi connectivity index (χ2n) is 10.7. The summed E-state index contributed by atoms with van der Waals surface area (Å²) in [5, 5.41) is 2.35. The monoisotopic (exact) mass is 521 g/mol. The minimum absolute atomic E-state index is 0.196. The van der Waals surface area contributed by atoms with Crippen molar-refractivity contribution < 1.29 is 19.1 Å². The molecule has 1 aliphatic rings. The number of benzene rings is 2. The first-order valence-electron chi connectivity index (χ1n) is 12.7. The van der Waals surface area contributed by atoms with Crippen molar-refractivity contribution in [3.63, 3.8) is 0 Å². The van der Waals surface area contributed by atoms with Crippen LogP contribution in [0.25, 0.3) is 22.2 Å². The Morgan fingerprint density at radius 2 is 1.74 bits per heavy atom. The number of carbonyl (C=O) groups excluding carboxylic acids is 3. The van der Waals surface area contributed by atoms with Crippen LogP contribution in [0.5, 0.6) is 0 Å².